The van der Waals surface area contributed by atoms with Crippen LogP contribution in [-0.4, -0.2) is 27.2 Å². The fourth-order valence-corrected chi connectivity index (χ4v) is 2.95. The summed E-state index contributed by atoms with van der Waals surface area (Å²) >= 11 is 0. The second-order valence-electron chi connectivity index (χ2n) is 6.70. The fraction of sp³-hybridized carbons (Fsp3) is 0.0435. The Morgan fingerprint density at radius 2 is 1.88 bits per heavy atom. The second kappa shape index (κ2) is 8.84. The molecule has 0 unspecified atom stereocenters. The highest BCUT2D eigenvalue weighted by Crippen LogP contribution is 2.24. The van der Waals surface area contributed by atoms with Crippen molar-refractivity contribution in [3.05, 3.63) is 83.9 Å². The van der Waals surface area contributed by atoms with Crippen molar-refractivity contribution in [1.29, 1.82) is 0 Å². The third-order valence-electron chi connectivity index (χ3n) is 4.34. The lowest BCUT2D eigenvalue weighted by Crippen LogP contribution is -2.18. The first-order valence-corrected chi connectivity index (χ1v) is 9.42. The standard InChI is InChI=1S/C23H14F3N5O2/c24-23(25,26)33-18-4-1-3-15(10-18)22(32)31-17-9-14(11-28-13-17)6-7-16-12-30-21(27)20-19(16)5-2-8-29-20/h1-5,8-13H,(H2,27,30)(H,31,32). The molecule has 4 aromatic rings. The van der Waals surface area contributed by atoms with E-state index in [9.17, 15) is 18.0 Å². The van der Waals surface area contributed by atoms with Gasteiger partial charge in [-0.05, 0) is 36.4 Å². The van der Waals surface area contributed by atoms with E-state index in [1.54, 1.807) is 24.5 Å². The number of aromatic nitrogens is 3. The van der Waals surface area contributed by atoms with Crippen LogP contribution < -0.4 is 15.8 Å². The van der Waals surface area contributed by atoms with Gasteiger partial charge in [0.05, 0.1) is 17.4 Å². The van der Waals surface area contributed by atoms with Gasteiger partial charge in [0.25, 0.3) is 5.91 Å². The number of halogens is 3. The van der Waals surface area contributed by atoms with Crippen LogP contribution in [0.2, 0.25) is 0 Å². The summed E-state index contributed by atoms with van der Waals surface area (Å²) in [4.78, 5) is 24.8. The molecular weight excluding hydrogens is 435 g/mol. The van der Waals surface area contributed by atoms with Crippen LogP contribution in [0, 0.1) is 11.8 Å². The third-order valence-corrected chi connectivity index (χ3v) is 4.34. The minimum atomic E-state index is -4.85. The summed E-state index contributed by atoms with van der Waals surface area (Å²) < 4.78 is 41.1. The van der Waals surface area contributed by atoms with Crippen LogP contribution in [0.5, 0.6) is 5.75 Å². The monoisotopic (exact) mass is 449 g/mol. The van der Waals surface area contributed by atoms with Gasteiger partial charge in [0.15, 0.2) is 0 Å². The highest BCUT2D eigenvalue weighted by molar-refractivity contribution is 6.04. The van der Waals surface area contributed by atoms with Crippen molar-refractivity contribution in [3.8, 4) is 17.6 Å². The zero-order chi connectivity index (χ0) is 23.4. The summed E-state index contributed by atoms with van der Waals surface area (Å²) in [6, 6.07) is 9.92. The van der Waals surface area contributed by atoms with E-state index in [-0.39, 0.29) is 5.56 Å². The maximum absolute atomic E-state index is 12.5. The summed E-state index contributed by atoms with van der Waals surface area (Å²) in [5.74, 6) is 5.11. The van der Waals surface area contributed by atoms with Gasteiger partial charge in [0.1, 0.15) is 17.1 Å². The lowest BCUT2D eigenvalue weighted by atomic mass is 10.1. The highest BCUT2D eigenvalue weighted by atomic mass is 19.4. The number of alkyl halides is 3. The van der Waals surface area contributed by atoms with Crippen LogP contribution in [0.4, 0.5) is 24.7 Å². The normalized spacial score (nSPS) is 10.9. The Hall–Kier alpha value is -4.65. The first kappa shape index (κ1) is 21.6. The topological polar surface area (TPSA) is 103 Å². The van der Waals surface area contributed by atoms with Crippen LogP contribution in [0.15, 0.2) is 67.3 Å². The van der Waals surface area contributed by atoms with Crippen molar-refractivity contribution in [1.82, 2.24) is 15.0 Å². The molecule has 0 aliphatic rings. The summed E-state index contributed by atoms with van der Waals surface area (Å²) in [6.45, 7) is 0. The SMILES string of the molecule is Nc1ncc(C#Cc2cncc(NC(=O)c3cccc(OC(F)(F)F)c3)c2)c2cccnc12. The predicted molar refractivity (Wildman–Crippen MR) is 115 cm³/mol. The maximum atomic E-state index is 12.5. The molecule has 10 heteroatoms. The Kier molecular flexibility index (Phi) is 5.78. The number of nitrogen functional groups attached to an aromatic ring is 1. The number of nitrogens with zero attached hydrogens (tertiary/aromatic N) is 3. The first-order valence-electron chi connectivity index (χ1n) is 9.42. The molecule has 3 N–H and O–H groups in total. The number of carbonyl (C=O) groups is 1. The molecule has 0 aliphatic heterocycles. The number of nitrogens with one attached hydrogen (secondary N) is 1. The number of pyridine rings is 3. The van der Waals surface area contributed by atoms with Gasteiger partial charge in [-0.3, -0.25) is 14.8 Å². The van der Waals surface area contributed by atoms with Crippen molar-refractivity contribution < 1.29 is 22.7 Å². The lowest BCUT2D eigenvalue weighted by Gasteiger charge is -2.10. The molecule has 0 bridgehead atoms. The van der Waals surface area contributed by atoms with E-state index in [1.165, 1.54) is 24.5 Å². The van der Waals surface area contributed by atoms with Crippen molar-refractivity contribution >= 4 is 28.3 Å². The Bertz CT molecular complexity index is 1410. The van der Waals surface area contributed by atoms with Crippen molar-refractivity contribution in [2.75, 3.05) is 11.1 Å². The highest BCUT2D eigenvalue weighted by Gasteiger charge is 2.31. The van der Waals surface area contributed by atoms with Gasteiger partial charge in [-0.25, -0.2) is 4.98 Å². The third kappa shape index (κ3) is 5.34. The summed E-state index contributed by atoms with van der Waals surface area (Å²) in [5.41, 5.74) is 7.80. The molecule has 3 aromatic heterocycles. The van der Waals surface area contributed by atoms with Gasteiger partial charge >= 0.3 is 6.36 Å². The Balaban J connectivity index is 1.54. The number of fused-ring (bicyclic) bond motifs is 1. The molecule has 0 spiro atoms. The molecule has 0 radical (unpaired) electrons. The molecule has 1 amide bonds. The van der Waals surface area contributed by atoms with Crippen LogP contribution in [-0.2, 0) is 0 Å². The molecule has 1 aromatic carbocycles. The van der Waals surface area contributed by atoms with E-state index in [4.69, 9.17) is 5.73 Å². The van der Waals surface area contributed by atoms with E-state index < -0.39 is 18.0 Å². The van der Waals surface area contributed by atoms with Gasteiger partial charge in [0.2, 0.25) is 0 Å². The first-order chi connectivity index (χ1) is 15.8. The molecule has 0 saturated carbocycles. The van der Waals surface area contributed by atoms with Gasteiger partial charge in [0, 0.05) is 35.1 Å². The smallest absolute Gasteiger partial charge is 0.406 e. The number of amides is 1. The number of hydrogen-bond acceptors (Lipinski definition) is 6. The molecular formula is C23H14F3N5O2. The number of nitrogens with two attached hydrogens (primary N) is 1. The molecule has 0 fully saturated rings. The minimum Gasteiger partial charge on any atom is -0.406 e. The van der Waals surface area contributed by atoms with Crippen LogP contribution >= 0.6 is 0 Å². The molecule has 4 rings (SSSR count). The Labute approximate surface area is 185 Å². The summed E-state index contributed by atoms with van der Waals surface area (Å²) in [6.07, 6.45) is 1.20. The average molecular weight is 449 g/mol. The average Bonchev–Trinajstić information content (AvgIpc) is 2.78. The lowest BCUT2D eigenvalue weighted by molar-refractivity contribution is -0.274. The molecule has 33 heavy (non-hydrogen) atoms. The van der Waals surface area contributed by atoms with Crippen LogP contribution in [0.3, 0.4) is 0 Å². The Morgan fingerprint density at radius 3 is 2.70 bits per heavy atom. The van der Waals surface area contributed by atoms with Gasteiger partial charge in [-0.15, -0.1) is 13.2 Å². The summed E-state index contributed by atoms with van der Waals surface area (Å²) in [7, 11) is 0. The maximum Gasteiger partial charge on any atom is 0.573 e. The van der Waals surface area contributed by atoms with E-state index in [0.29, 0.717) is 28.1 Å². The molecule has 164 valence electrons. The van der Waals surface area contributed by atoms with E-state index in [0.717, 1.165) is 17.5 Å². The van der Waals surface area contributed by atoms with Crippen molar-refractivity contribution in [2.45, 2.75) is 6.36 Å². The van der Waals surface area contributed by atoms with Crippen molar-refractivity contribution in [2.24, 2.45) is 0 Å². The van der Waals surface area contributed by atoms with E-state index >= 15 is 0 Å². The molecule has 0 saturated heterocycles. The quantitative estimate of drug-likeness (QED) is 0.456. The molecule has 0 atom stereocenters. The summed E-state index contributed by atoms with van der Waals surface area (Å²) in [5, 5.41) is 3.33. The van der Waals surface area contributed by atoms with Gasteiger partial charge in [-0.2, -0.15) is 0 Å². The molecule has 3 heterocycles. The molecule has 7 nitrogen and oxygen atoms in total. The number of benzene rings is 1. The van der Waals surface area contributed by atoms with Crippen molar-refractivity contribution in [3.63, 3.8) is 0 Å². The number of carbonyl (C=O) groups excluding carboxylic acids is 1. The van der Waals surface area contributed by atoms with Gasteiger partial charge < -0.3 is 15.8 Å². The zero-order valence-corrected chi connectivity index (χ0v) is 16.7. The number of ether oxygens (including phenoxy) is 1. The second-order valence-corrected chi connectivity index (χ2v) is 6.70. The molecule has 0 aliphatic carbocycles. The minimum absolute atomic E-state index is 0.0137. The van der Waals surface area contributed by atoms with E-state index in [2.05, 4.69) is 36.8 Å². The fourth-order valence-electron chi connectivity index (χ4n) is 2.95. The van der Waals surface area contributed by atoms with Crippen LogP contribution in [0.25, 0.3) is 10.9 Å². The number of rotatable bonds is 3. The van der Waals surface area contributed by atoms with Crippen LogP contribution in [0.1, 0.15) is 21.5 Å². The zero-order valence-electron chi connectivity index (χ0n) is 16.7. The largest absolute Gasteiger partial charge is 0.573 e. The van der Waals surface area contributed by atoms with E-state index in [1.807, 2.05) is 6.07 Å². The van der Waals surface area contributed by atoms with Gasteiger partial charge in [-0.1, -0.05) is 17.9 Å². The number of anilines is 2. The predicted octanol–water partition coefficient (Wildman–Crippen LogP) is 4.16. The number of hydrogen-bond donors (Lipinski definition) is 2. The Morgan fingerprint density at radius 1 is 1.03 bits per heavy atom.